The van der Waals surface area contributed by atoms with Gasteiger partial charge in [0.15, 0.2) is 0 Å². The fourth-order valence-corrected chi connectivity index (χ4v) is 5.26. The fourth-order valence-electron chi connectivity index (χ4n) is 5.26. The molecule has 4 aromatic carbocycles. The molecule has 0 unspecified atom stereocenters. The van der Waals surface area contributed by atoms with Crippen LogP contribution >= 0.6 is 0 Å². The number of para-hydroxylation sites is 2. The Balaban J connectivity index is 1.97. The SMILES string of the molecule is C=C(C)C(=C(C)C)/C(=C(/c1ccccc1)c1ccc(F)cc1)C1c2ccccc2Oc2ccccc21. The van der Waals surface area contributed by atoms with Gasteiger partial charge in [0.2, 0.25) is 0 Å². The van der Waals surface area contributed by atoms with Crippen molar-refractivity contribution in [3.05, 3.63) is 160 Å². The van der Waals surface area contributed by atoms with Crippen molar-refractivity contribution in [2.45, 2.75) is 26.7 Å². The van der Waals surface area contributed by atoms with Crippen LogP contribution in [-0.4, -0.2) is 0 Å². The highest BCUT2D eigenvalue weighted by molar-refractivity contribution is 5.88. The van der Waals surface area contributed by atoms with Gasteiger partial charge >= 0.3 is 0 Å². The number of rotatable bonds is 5. The molecule has 0 saturated heterocycles. The van der Waals surface area contributed by atoms with Crippen molar-refractivity contribution in [1.82, 2.24) is 0 Å². The molecule has 0 aromatic heterocycles. The Morgan fingerprint density at radius 3 is 1.69 bits per heavy atom. The summed E-state index contributed by atoms with van der Waals surface area (Å²) >= 11 is 0. The van der Waals surface area contributed by atoms with Gasteiger partial charge < -0.3 is 4.74 Å². The molecule has 36 heavy (non-hydrogen) atoms. The topological polar surface area (TPSA) is 9.23 Å². The lowest BCUT2D eigenvalue weighted by atomic mass is 9.73. The Labute approximate surface area is 212 Å². The molecule has 1 aliphatic rings. The van der Waals surface area contributed by atoms with Crippen molar-refractivity contribution >= 4 is 5.57 Å². The van der Waals surface area contributed by atoms with Crippen molar-refractivity contribution in [3.8, 4) is 11.5 Å². The number of allylic oxidation sites excluding steroid dienone is 4. The summed E-state index contributed by atoms with van der Waals surface area (Å²) in [6.07, 6.45) is 0. The monoisotopic (exact) mass is 472 g/mol. The molecule has 2 heteroatoms. The minimum atomic E-state index is -0.253. The van der Waals surface area contributed by atoms with E-state index in [1.54, 1.807) is 0 Å². The minimum Gasteiger partial charge on any atom is -0.457 e. The van der Waals surface area contributed by atoms with E-state index in [-0.39, 0.29) is 11.7 Å². The highest BCUT2D eigenvalue weighted by atomic mass is 19.1. The first-order valence-corrected chi connectivity index (χ1v) is 12.2. The standard InChI is InChI=1S/C34H29FO/c1-22(2)31(23(3)4)34(32(24-12-6-5-7-13-24)25-18-20-26(35)21-19-25)33-27-14-8-10-16-29(27)36-30-17-11-9-15-28(30)33/h5-21,33H,1H2,2-4H3/b34-32+. The zero-order chi connectivity index (χ0) is 25.2. The number of fused-ring (bicyclic) bond motifs is 2. The molecule has 178 valence electrons. The third kappa shape index (κ3) is 4.31. The maximum absolute atomic E-state index is 14.1. The van der Waals surface area contributed by atoms with Crippen LogP contribution in [0.15, 0.2) is 132 Å². The van der Waals surface area contributed by atoms with Gasteiger partial charge in [-0.3, -0.25) is 0 Å². The van der Waals surface area contributed by atoms with E-state index in [0.717, 1.165) is 56.0 Å². The Hall–Kier alpha value is -4.17. The first-order valence-electron chi connectivity index (χ1n) is 12.2. The predicted octanol–water partition coefficient (Wildman–Crippen LogP) is 9.48. The molecule has 0 aliphatic carbocycles. The molecule has 0 fully saturated rings. The van der Waals surface area contributed by atoms with E-state index in [2.05, 4.69) is 63.7 Å². The third-order valence-corrected chi connectivity index (χ3v) is 6.63. The average molecular weight is 473 g/mol. The van der Waals surface area contributed by atoms with Crippen molar-refractivity contribution < 1.29 is 9.13 Å². The largest absolute Gasteiger partial charge is 0.457 e. The van der Waals surface area contributed by atoms with Gasteiger partial charge in [-0.1, -0.05) is 96.6 Å². The highest BCUT2D eigenvalue weighted by Crippen LogP contribution is 2.52. The van der Waals surface area contributed by atoms with Crippen molar-refractivity contribution in [2.75, 3.05) is 0 Å². The lowest BCUT2D eigenvalue weighted by molar-refractivity contribution is 0.452. The van der Waals surface area contributed by atoms with E-state index in [4.69, 9.17) is 4.74 Å². The maximum atomic E-state index is 14.1. The molecule has 1 aliphatic heterocycles. The summed E-state index contributed by atoms with van der Waals surface area (Å²) in [6, 6.07) is 33.6. The molecule has 5 rings (SSSR count). The molecular formula is C34H29FO. The van der Waals surface area contributed by atoms with Crippen LogP contribution in [0.1, 0.15) is 48.9 Å². The number of hydrogen-bond acceptors (Lipinski definition) is 1. The minimum absolute atomic E-state index is 0.104. The van der Waals surface area contributed by atoms with E-state index in [1.807, 2.05) is 54.6 Å². The second-order valence-corrected chi connectivity index (χ2v) is 9.43. The predicted molar refractivity (Wildman–Crippen MR) is 147 cm³/mol. The fraction of sp³-hybridized carbons (Fsp3) is 0.118. The van der Waals surface area contributed by atoms with E-state index < -0.39 is 0 Å². The molecule has 0 amide bonds. The molecule has 1 heterocycles. The lowest BCUT2D eigenvalue weighted by Gasteiger charge is -2.34. The van der Waals surface area contributed by atoms with E-state index in [1.165, 1.54) is 17.7 Å². The Bertz CT molecular complexity index is 1440. The molecule has 0 radical (unpaired) electrons. The van der Waals surface area contributed by atoms with Crippen LogP contribution in [0.3, 0.4) is 0 Å². The quantitative estimate of drug-likeness (QED) is 0.263. The summed E-state index contributed by atoms with van der Waals surface area (Å²) in [5.41, 5.74) is 9.71. The van der Waals surface area contributed by atoms with Crippen LogP contribution in [0.2, 0.25) is 0 Å². The molecule has 0 bridgehead atoms. The van der Waals surface area contributed by atoms with Crippen LogP contribution < -0.4 is 4.74 Å². The number of hydrogen-bond donors (Lipinski definition) is 0. The van der Waals surface area contributed by atoms with Gasteiger partial charge in [-0.15, -0.1) is 0 Å². The van der Waals surface area contributed by atoms with E-state index >= 15 is 0 Å². The first-order chi connectivity index (χ1) is 17.5. The van der Waals surface area contributed by atoms with Crippen LogP contribution in [-0.2, 0) is 0 Å². The number of ether oxygens (including phenoxy) is 1. The van der Waals surface area contributed by atoms with Crippen LogP contribution in [0, 0.1) is 5.82 Å². The first kappa shape index (κ1) is 23.6. The smallest absolute Gasteiger partial charge is 0.131 e. The van der Waals surface area contributed by atoms with Crippen molar-refractivity contribution in [1.29, 1.82) is 0 Å². The Morgan fingerprint density at radius 2 is 1.17 bits per heavy atom. The van der Waals surface area contributed by atoms with Gasteiger partial charge in [0, 0.05) is 17.0 Å². The van der Waals surface area contributed by atoms with Crippen LogP contribution in [0.25, 0.3) is 5.57 Å². The molecular weight excluding hydrogens is 443 g/mol. The zero-order valence-corrected chi connectivity index (χ0v) is 20.9. The lowest BCUT2D eigenvalue weighted by Crippen LogP contribution is -2.16. The van der Waals surface area contributed by atoms with E-state index in [0.29, 0.717) is 0 Å². The molecule has 0 saturated carbocycles. The molecule has 1 nitrogen and oxygen atoms in total. The summed E-state index contributed by atoms with van der Waals surface area (Å²) in [5, 5.41) is 0. The zero-order valence-electron chi connectivity index (χ0n) is 20.9. The van der Waals surface area contributed by atoms with Crippen molar-refractivity contribution in [2.24, 2.45) is 0 Å². The maximum Gasteiger partial charge on any atom is 0.131 e. The summed E-state index contributed by atoms with van der Waals surface area (Å²) in [7, 11) is 0. The van der Waals surface area contributed by atoms with Gasteiger partial charge in [-0.2, -0.15) is 0 Å². The van der Waals surface area contributed by atoms with Crippen LogP contribution in [0.4, 0.5) is 4.39 Å². The number of halogens is 1. The highest BCUT2D eigenvalue weighted by Gasteiger charge is 2.34. The Kier molecular flexibility index (Phi) is 6.43. The Morgan fingerprint density at radius 1 is 0.667 bits per heavy atom. The van der Waals surface area contributed by atoms with E-state index in [9.17, 15) is 4.39 Å². The molecule has 0 spiro atoms. The molecule has 0 N–H and O–H groups in total. The van der Waals surface area contributed by atoms with Crippen molar-refractivity contribution in [3.63, 3.8) is 0 Å². The summed E-state index contributed by atoms with van der Waals surface area (Å²) < 4.78 is 20.4. The van der Waals surface area contributed by atoms with Gasteiger partial charge in [0.1, 0.15) is 17.3 Å². The third-order valence-electron chi connectivity index (χ3n) is 6.63. The van der Waals surface area contributed by atoms with Gasteiger partial charge in [-0.05, 0) is 72.9 Å². The number of benzene rings is 4. The molecule has 0 atom stereocenters. The molecule has 4 aromatic rings. The van der Waals surface area contributed by atoms with Gasteiger partial charge in [0.25, 0.3) is 0 Å². The summed E-state index contributed by atoms with van der Waals surface area (Å²) in [5.74, 6) is 1.34. The normalized spacial score (nSPS) is 13.1. The van der Waals surface area contributed by atoms with Crippen LogP contribution in [0.5, 0.6) is 11.5 Å². The van der Waals surface area contributed by atoms with Gasteiger partial charge in [-0.25, -0.2) is 4.39 Å². The second-order valence-electron chi connectivity index (χ2n) is 9.43. The average Bonchev–Trinajstić information content (AvgIpc) is 2.88. The summed E-state index contributed by atoms with van der Waals surface area (Å²) in [6.45, 7) is 10.7. The van der Waals surface area contributed by atoms with Gasteiger partial charge in [0.05, 0.1) is 0 Å². The summed E-state index contributed by atoms with van der Waals surface area (Å²) in [4.78, 5) is 0. The second kappa shape index (κ2) is 9.83.